The zero-order chi connectivity index (χ0) is 58.9. The lowest BCUT2D eigenvalue weighted by Gasteiger charge is -2.23. The average molecular weight is 926 g/mol. The molecule has 0 spiro atoms. The van der Waals surface area contributed by atoms with Crippen LogP contribution in [0.25, 0.3) is 83.4 Å². The van der Waals surface area contributed by atoms with Crippen molar-refractivity contribution in [2.45, 2.75) is 33.0 Å². The van der Waals surface area contributed by atoms with Gasteiger partial charge < -0.3 is 21.7 Å². The number of halogens is 1. The number of ether oxygens (including phenoxy) is 1. The largest absolute Gasteiger partial charge is 1.00 e. The lowest BCUT2D eigenvalue weighted by Crippen LogP contribution is -3.00. The monoisotopic (exact) mass is 924 g/mol. The number of aromatic nitrogens is 4. The predicted molar refractivity (Wildman–Crippen MR) is 263 cm³/mol. The van der Waals surface area contributed by atoms with Crippen LogP contribution in [0.4, 0.5) is 0 Å². The molecule has 6 heteroatoms. The van der Waals surface area contributed by atoms with Gasteiger partial charge in [-0.25, -0.2) is 4.98 Å². The summed E-state index contributed by atoms with van der Waals surface area (Å²) in [6.45, 7) is 2.93. The number of rotatable bonds is 8. The van der Waals surface area contributed by atoms with Crippen LogP contribution in [-0.2, 0) is 5.41 Å². The quantitative estimate of drug-likeness (QED) is 0.142. The highest BCUT2D eigenvalue weighted by atomic mass is 79.9. The second kappa shape index (κ2) is 16.9. The van der Waals surface area contributed by atoms with E-state index in [1.165, 1.54) is 12.3 Å². The molecule has 65 heavy (non-hydrogen) atoms. The van der Waals surface area contributed by atoms with E-state index in [0.29, 0.717) is 44.8 Å². The van der Waals surface area contributed by atoms with Gasteiger partial charge >= 0.3 is 0 Å². The molecule has 5 nitrogen and oxygen atoms in total. The Morgan fingerprint density at radius 1 is 0.585 bits per heavy atom. The number of para-hydroxylation sites is 3. The van der Waals surface area contributed by atoms with Gasteiger partial charge in [-0.2, -0.15) is 9.13 Å². The Hall–Kier alpha value is -7.54. The molecule has 11 rings (SSSR count). The van der Waals surface area contributed by atoms with Gasteiger partial charge in [0.25, 0.3) is 6.33 Å². The maximum Gasteiger partial charge on any atom is 0.255 e. The molecule has 0 radical (unpaired) electrons. The van der Waals surface area contributed by atoms with Crippen LogP contribution in [0.2, 0.25) is 0 Å². The van der Waals surface area contributed by atoms with E-state index in [9.17, 15) is 5.48 Å². The average Bonchev–Trinajstić information content (AvgIpc) is 4.24. The number of imidazole rings is 1. The maximum absolute atomic E-state index is 9.25. The van der Waals surface area contributed by atoms with E-state index < -0.39 is 103 Å². The molecule has 0 saturated carbocycles. The normalized spacial score (nSPS) is 15.7. The van der Waals surface area contributed by atoms with Crippen LogP contribution in [0.1, 0.15) is 56.6 Å². The molecular weight excluding hydrogens is 861 g/mol. The molecule has 3 aromatic heterocycles. The molecule has 0 aliphatic heterocycles. The number of hydrogen-bond donors (Lipinski definition) is 0. The third-order valence-corrected chi connectivity index (χ3v) is 11.3. The fourth-order valence-corrected chi connectivity index (χ4v) is 8.22. The number of benzene rings is 8. The molecule has 316 valence electrons. The summed E-state index contributed by atoms with van der Waals surface area (Å²) in [5, 5.41) is 1.58. The highest BCUT2D eigenvalue weighted by Gasteiger charge is 2.28. The van der Waals surface area contributed by atoms with Gasteiger partial charge in [-0.1, -0.05) is 148 Å². The Morgan fingerprint density at radius 3 is 1.85 bits per heavy atom. The Morgan fingerprint density at radius 2 is 1.18 bits per heavy atom. The first-order valence-corrected chi connectivity index (χ1v) is 20.5. The van der Waals surface area contributed by atoms with Crippen molar-refractivity contribution >= 4 is 32.8 Å². The van der Waals surface area contributed by atoms with Gasteiger partial charge in [-0.15, -0.1) is 0 Å². The molecule has 3 heterocycles. The van der Waals surface area contributed by atoms with Crippen molar-refractivity contribution in [1.29, 1.82) is 0 Å². The van der Waals surface area contributed by atoms with Crippen LogP contribution in [0.15, 0.2) is 212 Å². The number of fused-ring (bicyclic) bond motifs is 4. The molecule has 0 aliphatic rings. The number of hydrogen-bond acceptors (Lipinski definition) is 2. The molecular formula is C59H47BrN4O. The molecule has 0 saturated heterocycles. The van der Waals surface area contributed by atoms with E-state index in [1.807, 2.05) is 79.9 Å². The van der Waals surface area contributed by atoms with Gasteiger partial charge in [0.2, 0.25) is 0 Å². The summed E-state index contributed by atoms with van der Waals surface area (Å²) in [5.74, 6) is 0.931. The Labute approximate surface area is 415 Å². The molecule has 0 amide bonds. The van der Waals surface area contributed by atoms with E-state index >= 15 is 0 Å². The summed E-state index contributed by atoms with van der Waals surface area (Å²) in [4.78, 5) is 4.69. The lowest BCUT2D eigenvalue weighted by atomic mass is 9.82. The smallest absolute Gasteiger partial charge is 0.255 e. The topological polar surface area (TPSA) is 35.9 Å². The van der Waals surface area contributed by atoms with Gasteiger partial charge in [-0.3, -0.25) is 4.57 Å². The predicted octanol–water partition coefficient (Wildman–Crippen LogP) is 11.8. The highest BCUT2D eigenvalue weighted by Crippen LogP contribution is 2.40. The van der Waals surface area contributed by atoms with Gasteiger partial charge in [0, 0.05) is 49.9 Å². The number of aryl methyl sites for hydroxylation is 1. The van der Waals surface area contributed by atoms with Crippen LogP contribution in [0, 0.1) is 6.85 Å². The molecule has 0 fully saturated rings. The van der Waals surface area contributed by atoms with E-state index in [-0.39, 0.29) is 67.4 Å². The van der Waals surface area contributed by atoms with Crippen LogP contribution in [0.5, 0.6) is 11.5 Å². The minimum atomic E-state index is -2.81. The molecule has 0 N–H and O–H groups in total. The van der Waals surface area contributed by atoms with Crippen molar-refractivity contribution < 1.29 is 51.0 Å². The minimum Gasteiger partial charge on any atom is -1.00 e. The van der Waals surface area contributed by atoms with Crippen molar-refractivity contribution in [3.8, 4) is 62.1 Å². The van der Waals surface area contributed by atoms with Crippen LogP contribution in [-0.4, -0.2) is 14.1 Å². The zero-order valence-electron chi connectivity index (χ0n) is 53.1. The van der Waals surface area contributed by atoms with Crippen molar-refractivity contribution in [3.05, 3.63) is 223 Å². The Bertz CT molecular complexity index is 4370. The summed E-state index contributed by atoms with van der Waals surface area (Å²) in [5.41, 5.74) is 2.37. The second-order valence-corrected chi connectivity index (χ2v) is 16.2. The maximum atomic E-state index is 9.25. The Kier molecular flexibility index (Phi) is 6.66. The standard InChI is InChI=1S/C59H47N4O.BrH/c1-40-33-57(60-38-52(40)43-23-12-7-13-24-43)63-53-28-15-14-27-48(53)49-32-31-47(37-56(49)63)64-46-26-18-25-45(36-46)61-39-62(55-30-17-16-29-54(55)61)58-50(41-19-8-5-9-20-41)34-44(59(2,3)4)35-51(58)42-21-10-6-11-22-42;/h5-39H,1-4H3;1H/q+1;/p-1/i1D3,5D,6D,7D,8D,9D,10D,11D,12D,13D,19D,20D,21D,22D,23D,24D;. The second-order valence-electron chi connectivity index (χ2n) is 16.2. The summed E-state index contributed by atoms with van der Waals surface area (Å²) < 4.78 is 169. The molecule has 0 bridgehead atoms. The third-order valence-electron chi connectivity index (χ3n) is 11.3. The van der Waals surface area contributed by atoms with E-state index in [0.717, 1.165) is 10.8 Å². The van der Waals surface area contributed by atoms with Crippen molar-refractivity contribution in [2.24, 2.45) is 0 Å². The summed E-state index contributed by atoms with van der Waals surface area (Å²) in [6, 6.07) is 23.7. The van der Waals surface area contributed by atoms with E-state index in [2.05, 4.69) is 4.98 Å². The summed E-state index contributed by atoms with van der Waals surface area (Å²) in [6.07, 6.45) is 2.95. The molecule has 0 unspecified atom stereocenters. The minimum absolute atomic E-state index is 0. The molecule has 8 aromatic carbocycles. The zero-order valence-corrected chi connectivity index (χ0v) is 36.7. The lowest BCUT2D eigenvalue weighted by molar-refractivity contribution is -0.566. The Balaban J connectivity index is 0.00000769. The van der Waals surface area contributed by atoms with E-state index in [4.69, 9.17) is 23.9 Å². The van der Waals surface area contributed by atoms with Gasteiger partial charge in [0.1, 0.15) is 28.7 Å². The van der Waals surface area contributed by atoms with Gasteiger partial charge in [0.05, 0.1) is 31.6 Å². The number of nitrogens with zero attached hydrogens (tertiary/aromatic N) is 4. The first-order valence-electron chi connectivity index (χ1n) is 29.5. The fraction of sp³-hybridized carbons (Fsp3) is 0.0847. The SMILES string of the molecule is [2H]c1c([2H])c([2H])c(-c2cnc(-n3c4ccccc4c4ccc(Oc5cccc(-n6c[n+](-c7c(-c8c([2H])c([2H])c([2H])c([2H])c8[2H])cc(C(C)(C)C)cc7-c7c([2H])c([2H])c([2H])c([2H])c7[2H])c7ccccc76)c5)cc43)cc2C([2H])([2H])[2H])c([2H])c1[2H].[Br-]. The van der Waals surface area contributed by atoms with Crippen LogP contribution in [0.3, 0.4) is 0 Å². The summed E-state index contributed by atoms with van der Waals surface area (Å²) in [7, 11) is 0. The van der Waals surface area contributed by atoms with Crippen molar-refractivity contribution in [2.75, 3.05) is 0 Å². The first-order chi connectivity index (χ1) is 38.7. The van der Waals surface area contributed by atoms with Crippen molar-refractivity contribution in [1.82, 2.24) is 14.1 Å². The highest BCUT2D eigenvalue weighted by molar-refractivity contribution is 6.09. The molecule has 0 atom stereocenters. The summed E-state index contributed by atoms with van der Waals surface area (Å²) >= 11 is 0. The fourth-order valence-electron chi connectivity index (χ4n) is 8.22. The first kappa shape index (κ1) is 25.7. The van der Waals surface area contributed by atoms with Crippen LogP contribution >= 0.6 is 0 Å². The van der Waals surface area contributed by atoms with Gasteiger partial charge in [0.15, 0.2) is 11.0 Å². The van der Waals surface area contributed by atoms with Crippen LogP contribution < -0.4 is 26.3 Å². The number of pyridine rings is 1. The van der Waals surface area contributed by atoms with Gasteiger partial charge in [-0.05, 0) is 101 Å². The van der Waals surface area contributed by atoms with E-state index in [1.54, 1.807) is 64.0 Å². The molecule has 11 aromatic rings. The van der Waals surface area contributed by atoms with Crippen molar-refractivity contribution in [3.63, 3.8) is 0 Å². The molecule has 0 aliphatic carbocycles. The third kappa shape index (κ3) is 7.60.